The van der Waals surface area contributed by atoms with Gasteiger partial charge in [-0.2, -0.15) is 0 Å². The van der Waals surface area contributed by atoms with Gasteiger partial charge in [0.25, 0.3) is 0 Å². The van der Waals surface area contributed by atoms with E-state index >= 15 is 0 Å². The van der Waals surface area contributed by atoms with Crippen LogP contribution in [0.1, 0.15) is 25.8 Å². The molecular weight excluding hydrogens is 301 g/mol. The highest BCUT2D eigenvalue weighted by Crippen LogP contribution is 2.23. The van der Waals surface area contributed by atoms with Crippen LogP contribution >= 0.6 is 11.6 Å². The lowest BCUT2D eigenvalue weighted by atomic mass is 10.1. The molecule has 0 heterocycles. The minimum atomic E-state index is -0.412. The van der Waals surface area contributed by atoms with E-state index in [4.69, 9.17) is 16.3 Å². The highest BCUT2D eigenvalue weighted by Gasteiger charge is 2.05. The van der Waals surface area contributed by atoms with Crippen LogP contribution in [-0.2, 0) is 6.54 Å². The van der Waals surface area contributed by atoms with Crippen LogP contribution in [0.15, 0.2) is 42.5 Å². The number of benzene rings is 2. The van der Waals surface area contributed by atoms with Crippen molar-refractivity contribution in [3.8, 4) is 5.75 Å². The summed E-state index contributed by atoms with van der Waals surface area (Å²) in [7, 11) is 0. The minimum absolute atomic E-state index is 0.117. The van der Waals surface area contributed by atoms with E-state index in [0.717, 1.165) is 23.4 Å². The third-order valence-electron chi connectivity index (χ3n) is 3.33. The molecular formula is C18H21ClFNO. The molecule has 0 saturated heterocycles. The number of anilines is 1. The first kappa shape index (κ1) is 16.6. The molecule has 2 aromatic rings. The normalized spacial score (nSPS) is 10.8. The average molecular weight is 322 g/mol. The van der Waals surface area contributed by atoms with Gasteiger partial charge < -0.3 is 10.1 Å². The van der Waals surface area contributed by atoms with Gasteiger partial charge in [0.2, 0.25) is 0 Å². The number of halogens is 2. The van der Waals surface area contributed by atoms with Crippen molar-refractivity contribution in [3.63, 3.8) is 0 Å². The molecule has 0 fully saturated rings. The maximum absolute atomic E-state index is 13.2. The van der Waals surface area contributed by atoms with Gasteiger partial charge in [-0.3, -0.25) is 0 Å². The van der Waals surface area contributed by atoms with E-state index in [9.17, 15) is 4.39 Å². The van der Waals surface area contributed by atoms with E-state index in [1.165, 1.54) is 6.07 Å². The second kappa shape index (κ2) is 8.04. The predicted octanol–water partition coefficient (Wildman–Crippen LogP) is 5.52. The Hall–Kier alpha value is -1.74. The Kier molecular flexibility index (Phi) is 6.08. The maximum atomic E-state index is 13.2. The van der Waals surface area contributed by atoms with Crippen molar-refractivity contribution < 1.29 is 9.13 Å². The summed E-state index contributed by atoms with van der Waals surface area (Å²) in [5.41, 5.74) is 1.84. The summed E-state index contributed by atoms with van der Waals surface area (Å²) in [6.07, 6.45) is 1.02. The fourth-order valence-corrected chi connectivity index (χ4v) is 2.18. The molecule has 0 atom stereocenters. The summed E-state index contributed by atoms with van der Waals surface area (Å²) in [4.78, 5) is 0. The zero-order valence-electron chi connectivity index (χ0n) is 12.9. The van der Waals surface area contributed by atoms with Crippen LogP contribution in [0.5, 0.6) is 5.75 Å². The van der Waals surface area contributed by atoms with Gasteiger partial charge in [-0.25, -0.2) is 4.39 Å². The number of para-hydroxylation sites is 1. The fourth-order valence-electron chi connectivity index (χ4n) is 2.00. The van der Waals surface area contributed by atoms with Crippen molar-refractivity contribution in [1.29, 1.82) is 0 Å². The molecule has 22 heavy (non-hydrogen) atoms. The Balaban J connectivity index is 1.98. The van der Waals surface area contributed by atoms with Crippen molar-refractivity contribution >= 4 is 17.3 Å². The summed E-state index contributed by atoms with van der Waals surface area (Å²) in [6, 6.07) is 12.5. The van der Waals surface area contributed by atoms with Crippen molar-refractivity contribution in [3.05, 3.63) is 58.9 Å². The maximum Gasteiger partial charge on any atom is 0.141 e. The van der Waals surface area contributed by atoms with Gasteiger partial charge in [0.15, 0.2) is 0 Å². The molecule has 2 rings (SSSR count). The van der Waals surface area contributed by atoms with Crippen LogP contribution < -0.4 is 10.1 Å². The first-order chi connectivity index (χ1) is 10.6. The van der Waals surface area contributed by atoms with Crippen LogP contribution in [0, 0.1) is 11.7 Å². The molecule has 0 bridgehead atoms. The second-order valence-electron chi connectivity index (χ2n) is 5.62. The largest absolute Gasteiger partial charge is 0.493 e. The Morgan fingerprint density at radius 3 is 2.68 bits per heavy atom. The van der Waals surface area contributed by atoms with Crippen LogP contribution in [0.4, 0.5) is 10.1 Å². The fraction of sp³-hybridized carbons (Fsp3) is 0.333. The molecule has 1 N–H and O–H groups in total. The lowest BCUT2D eigenvalue weighted by molar-refractivity contribution is 0.287. The van der Waals surface area contributed by atoms with Gasteiger partial charge >= 0.3 is 0 Å². The molecule has 0 spiro atoms. The van der Waals surface area contributed by atoms with Crippen molar-refractivity contribution in [2.45, 2.75) is 26.8 Å². The summed E-state index contributed by atoms with van der Waals surface area (Å²) < 4.78 is 19.0. The van der Waals surface area contributed by atoms with Crippen LogP contribution in [0.3, 0.4) is 0 Å². The standard InChI is InChI=1S/C18H21ClFNO/c1-13(2)9-10-22-18-6-4-3-5-14(18)12-21-15-7-8-17(20)16(19)11-15/h3-8,11,13,21H,9-10,12H2,1-2H3. The van der Waals surface area contributed by atoms with Crippen molar-refractivity contribution in [1.82, 2.24) is 0 Å². The zero-order valence-corrected chi connectivity index (χ0v) is 13.7. The van der Waals surface area contributed by atoms with Crippen molar-refractivity contribution in [2.75, 3.05) is 11.9 Å². The number of hydrogen-bond donors (Lipinski definition) is 1. The summed E-state index contributed by atoms with van der Waals surface area (Å²) >= 11 is 5.79. The van der Waals surface area contributed by atoms with E-state index in [1.54, 1.807) is 12.1 Å². The first-order valence-electron chi connectivity index (χ1n) is 7.46. The summed E-state index contributed by atoms with van der Waals surface area (Å²) in [6.45, 7) is 5.65. The monoisotopic (exact) mass is 321 g/mol. The topological polar surface area (TPSA) is 21.3 Å². The van der Waals surface area contributed by atoms with E-state index in [2.05, 4.69) is 19.2 Å². The quantitative estimate of drug-likeness (QED) is 0.725. The number of rotatable bonds is 7. The predicted molar refractivity (Wildman–Crippen MR) is 90.1 cm³/mol. The summed E-state index contributed by atoms with van der Waals surface area (Å²) in [5, 5.41) is 3.35. The molecule has 2 aromatic carbocycles. The Morgan fingerprint density at radius 1 is 1.18 bits per heavy atom. The first-order valence-corrected chi connectivity index (χ1v) is 7.83. The molecule has 0 radical (unpaired) electrons. The molecule has 0 unspecified atom stereocenters. The number of nitrogens with one attached hydrogen (secondary N) is 1. The number of ether oxygens (including phenoxy) is 1. The zero-order chi connectivity index (χ0) is 15.9. The third-order valence-corrected chi connectivity index (χ3v) is 3.62. The van der Waals surface area contributed by atoms with Crippen LogP contribution in [0.25, 0.3) is 0 Å². The Bertz CT molecular complexity index is 616. The highest BCUT2D eigenvalue weighted by atomic mass is 35.5. The smallest absolute Gasteiger partial charge is 0.141 e. The molecule has 0 aliphatic carbocycles. The highest BCUT2D eigenvalue weighted by molar-refractivity contribution is 6.31. The van der Waals surface area contributed by atoms with Crippen molar-refractivity contribution in [2.24, 2.45) is 5.92 Å². The molecule has 0 saturated carbocycles. The second-order valence-corrected chi connectivity index (χ2v) is 6.03. The van der Waals surface area contributed by atoms with E-state index < -0.39 is 5.82 Å². The third kappa shape index (κ3) is 4.92. The Morgan fingerprint density at radius 2 is 1.95 bits per heavy atom. The molecule has 118 valence electrons. The molecule has 0 aliphatic heterocycles. The van der Waals surface area contributed by atoms with Crippen LogP contribution in [-0.4, -0.2) is 6.61 Å². The molecule has 4 heteroatoms. The van der Waals surface area contributed by atoms with Gasteiger partial charge in [-0.05, 0) is 36.6 Å². The van der Waals surface area contributed by atoms with Gasteiger partial charge in [-0.15, -0.1) is 0 Å². The molecule has 0 amide bonds. The lowest BCUT2D eigenvalue weighted by Gasteiger charge is -2.14. The van der Waals surface area contributed by atoms with E-state index in [1.807, 2.05) is 24.3 Å². The van der Waals surface area contributed by atoms with Gasteiger partial charge in [0.05, 0.1) is 11.6 Å². The van der Waals surface area contributed by atoms with Gasteiger partial charge in [-0.1, -0.05) is 43.6 Å². The van der Waals surface area contributed by atoms with Gasteiger partial charge in [0, 0.05) is 17.8 Å². The van der Waals surface area contributed by atoms with E-state index in [-0.39, 0.29) is 5.02 Å². The SMILES string of the molecule is CC(C)CCOc1ccccc1CNc1ccc(F)c(Cl)c1. The Labute approximate surface area is 136 Å². The number of hydrogen-bond acceptors (Lipinski definition) is 2. The molecule has 0 aromatic heterocycles. The van der Waals surface area contributed by atoms with Crippen LogP contribution in [0.2, 0.25) is 5.02 Å². The molecule has 2 nitrogen and oxygen atoms in total. The van der Waals surface area contributed by atoms with Gasteiger partial charge in [0.1, 0.15) is 11.6 Å². The minimum Gasteiger partial charge on any atom is -0.493 e. The summed E-state index contributed by atoms with van der Waals surface area (Å²) in [5.74, 6) is 1.08. The molecule has 0 aliphatic rings. The average Bonchev–Trinajstić information content (AvgIpc) is 2.49. The lowest BCUT2D eigenvalue weighted by Crippen LogP contribution is -2.06. The van der Waals surface area contributed by atoms with E-state index in [0.29, 0.717) is 19.1 Å².